The summed E-state index contributed by atoms with van der Waals surface area (Å²) in [5, 5.41) is 8.74. The molecular formula is C22H19F3N4O5. The number of rotatable bonds is 7. The second-order valence-corrected chi connectivity index (χ2v) is 6.86. The summed E-state index contributed by atoms with van der Waals surface area (Å²) < 4.78 is 49.7. The third kappa shape index (κ3) is 5.91. The van der Waals surface area contributed by atoms with Crippen molar-refractivity contribution in [2.45, 2.75) is 12.7 Å². The molecule has 0 aliphatic heterocycles. The number of anilines is 2. The Morgan fingerprint density at radius 3 is 2.29 bits per heavy atom. The third-order valence-electron chi connectivity index (χ3n) is 4.54. The molecule has 2 amide bonds. The maximum atomic E-state index is 13.0. The van der Waals surface area contributed by atoms with Crippen LogP contribution in [-0.2, 0) is 17.5 Å². The predicted octanol–water partition coefficient (Wildman–Crippen LogP) is 3.17. The van der Waals surface area contributed by atoms with Gasteiger partial charge < -0.3 is 20.1 Å². The molecule has 0 spiro atoms. The van der Waals surface area contributed by atoms with E-state index in [1.54, 1.807) is 24.3 Å². The average molecular weight is 476 g/mol. The van der Waals surface area contributed by atoms with Crippen molar-refractivity contribution in [1.82, 2.24) is 9.78 Å². The topological polar surface area (TPSA) is 112 Å². The highest BCUT2D eigenvalue weighted by Crippen LogP contribution is 2.34. The van der Waals surface area contributed by atoms with Gasteiger partial charge in [-0.25, -0.2) is 4.68 Å². The van der Waals surface area contributed by atoms with E-state index in [0.717, 1.165) is 22.9 Å². The Kier molecular flexibility index (Phi) is 7.19. The fraction of sp³-hybridized carbons (Fsp3) is 0.182. The van der Waals surface area contributed by atoms with Crippen LogP contribution in [0.4, 0.5) is 24.5 Å². The van der Waals surface area contributed by atoms with Gasteiger partial charge in [0.05, 0.1) is 25.5 Å². The molecule has 0 radical (unpaired) electrons. The highest BCUT2D eigenvalue weighted by molar-refractivity contribution is 6.02. The zero-order valence-electron chi connectivity index (χ0n) is 18.0. The lowest BCUT2D eigenvalue weighted by atomic mass is 10.1. The van der Waals surface area contributed by atoms with Crippen molar-refractivity contribution < 1.29 is 32.2 Å². The Morgan fingerprint density at radius 1 is 0.971 bits per heavy atom. The fourth-order valence-electron chi connectivity index (χ4n) is 2.86. The Morgan fingerprint density at radius 2 is 1.68 bits per heavy atom. The van der Waals surface area contributed by atoms with Crippen LogP contribution in [0.15, 0.2) is 59.4 Å². The molecule has 0 fully saturated rings. The van der Waals surface area contributed by atoms with Crippen LogP contribution in [0.25, 0.3) is 0 Å². The van der Waals surface area contributed by atoms with Crippen molar-refractivity contribution in [3.63, 3.8) is 0 Å². The number of carbonyl (C=O) groups is 2. The Labute approximate surface area is 191 Å². The molecule has 12 heteroatoms. The smallest absolute Gasteiger partial charge is 0.416 e. The number of hydrogen-bond acceptors (Lipinski definition) is 6. The minimum absolute atomic E-state index is 0.00530. The second-order valence-electron chi connectivity index (χ2n) is 6.86. The SMILES string of the molecule is COc1ccc(NC(=O)c2ccc(=O)n(CC(=O)Nc3cc(C(F)(F)F)ccc3OC)n2)cc1. The summed E-state index contributed by atoms with van der Waals surface area (Å²) in [7, 11) is 2.73. The Bertz CT molecular complexity index is 1260. The van der Waals surface area contributed by atoms with Gasteiger partial charge in [-0.05, 0) is 48.5 Å². The van der Waals surface area contributed by atoms with Crippen LogP contribution in [0.1, 0.15) is 16.1 Å². The molecule has 3 rings (SSSR count). The van der Waals surface area contributed by atoms with Gasteiger partial charge in [0.15, 0.2) is 0 Å². The highest BCUT2D eigenvalue weighted by Gasteiger charge is 2.31. The van der Waals surface area contributed by atoms with E-state index in [1.165, 1.54) is 20.3 Å². The van der Waals surface area contributed by atoms with Crippen LogP contribution in [-0.4, -0.2) is 35.8 Å². The summed E-state index contributed by atoms with van der Waals surface area (Å²) >= 11 is 0. The van der Waals surface area contributed by atoms with Crippen molar-refractivity contribution in [2.24, 2.45) is 0 Å². The number of nitrogens with one attached hydrogen (secondary N) is 2. The Hall–Kier alpha value is -4.35. The van der Waals surface area contributed by atoms with E-state index >= 15 is 0 Å². The first-order chi connectivity index (χ1) is 16.1. The molecule has 0 unspecified atom stereocenters. The average Bonchev–Trinajstić information content (AvgIpc) is 2.80. The van der Waals surface area contributed by atoms with Crippen LogP contribution in [0, 0.1) is 0 Å². The maximum absolute atomic E-state index is 13.0. The normalized spacial score (nSPS) is 11.0. The number of amides is 2. The lowest BCUT2D eigenvalue weighted by Crippen LogP contribution is -2.31. The number of halogens is 3. The molecule has 0 bridgehead atoms. The van der Waals surface area contributed by atoms with Crippen molar-refractivity contribution in [2.75, 3.05) is 24.9 Å². The molecule has 2 N–H and O–H groups in total. The summed E-state index contributed by atoms with van der Waals surface area (Å²) in [6.07, 6.45) is -4.63. The zero-order chi connectivity index (χ0) is 24.9. The number of benzene rings is 2. The zero-order valence-corrected chi connectivity index (χ0v) is 18.0. The minimum Gasteiger partial charge on any atom is -0.497 e. The van der Waals surface area contributed by atoms with E-state index in [9.17, 15) is 27.6 Å². The summed E-state index contributed by atoms with van der Waals surface area (Å²) in [6.45, 7) is -0.651. The number of hydrogen-bond donors (Lipinski definition) is 2. The van der Waals surface area contributed by atoms with Gasteiger partial charge in [-0.2, -0.15) is 18.3 Å². The molecule has 178 valence electrons. The number of carbonyl (C=O) groups excluding carboxylic acids is 2. The molecule has 0 atom stereocenters. The van der Waals surface area contributed by atoms with Crippen molar-refractivity contribution >= 4 is 23.2 Å². The van der Waals surface area contributed by atoms with E-state index in [1.807, 2.05) is 0 Å². The molecule has 0 aliphatic carbocycles. The van der Waals surface area contributed by atoms with Gasteiger partial charge in [0.25, 0.3) is 11.5 Å². The van der Waals surface area contributed by atoms with E-state index in [4.69, 9.17) is 9.47 Å². The maximum Gasteiger partial charge on any atom is 0.416 e. The minimum atomic E-state index is -4.63. The van der Waals surface area contributed by atoms with Gasteiger partial charge in [-0.3, -0.25) is 14.4 Å². The van der Waals surface area contributed by atoms with Crippen molar-refractivity contribution in [3.05, 3.63) is 76.2 Å². The quantitative estimate of drug-likeness (QED) is 0.542. The van der Waals surface area contributed by atoms with E-state index in [0.29, 0.717) is 17.5 Å². The van der Waals surface area contributed by atoms with Crippen LogP contribution >= 0.6 is 0 Å². The molecule has 2 aromatic carbocycles. The van der Waals surface area contributed by atoms with Crippen molar-refractivity contribution in [1.29, 1.82) is 0 Å². The van der Waals surface area contributed by atoms with Crippen LogP contribution in [0.2, 0.25) is 0 Å². The largest absolute Gasteiger partial charge is 0.497 e. The number of methoxy groups -OCH3 is 2. The standard InChI is InChI=1S/C22H19F3N4O5/c1-33-15-6-4-14(5-7-15)26-21(32)16-8-10-20(31)29(28-16)12-19(30)27-17-11-13(22(23,24)25)3-9-18(17)34-2/h3-11H,12H2,1-2H3,(H,26,32)(H,27,30). The Balaban J connectivity index is 1.76. The van der Waals surface area contributed by atoms with Gasteiger partial charge in [0.2, 0.25) is 5.91 Å². The molecule has 0 aliphatic rings. The summed E-state index contributed by atoms with van der Waals surface area (Å²) in [4.78, 5) is 37.0. The monoisotopic (exact) mass is 476 g/mol. The summed E-state index contributed by atoms with van der Waals surface area (Å²) in [5.74, 6) is -0.902. The first-order valence-electron chi connectivity index (χ1n) is 9.69. The van der Waals surface area contributed by atoms with Gasteiger partial charge in [-0.15, -0.1) is 0 Å². The predicted molar refractivity (Wildman–Crippen MR) is 116 cm³/mol. The van der Waals surface area contributed by atoms with Crippen molar-refractivity contribution in [3.8, 4) is 11.5 Å². The molecular weight excluding hydrogens is 457 g/mol. The van der Waals surface area contributed by atoms with Gasteiger partial charge in [0.1, 0.15) is 23.7 Å². The van der Waals surface area contributed by atoms with Gasteiger partial charge in [-0.1, -0.05) is 0 Å². The van der Waals surface area contributed by atoms with Gasteiger partial charge in [0, 0.05) is 11.8 Å². The van der Waals surface area contributed by atoms with Crippen LogP contribution in [0.3, 0.4) is 0 Å². The molecule has 9 nitrogen and oxygen atoms in total. The lowest BCUT2D eigenvalue weighted by Gasteiger charge is -2.14. The number of nitrogens with zero attached hydrogens (tertiary/aromatic N) is 2. The summed E-state index contributed by atoms with van der Waals surface area (Å²) in [5.41, 5.74) is -1.62. The second kappa shape index (κ2) is 10.1. The molecule has 1 aromatic heterocycles. The van der Waals surface area contributed by atoms with E-state index in [-0.39, 0.29) is 17.1 Å². The first kappa shape index (κ1) is 24.3. The fourth-order valence-corrected chi connectivity index (χ4v) is 2.86. The van der Waals surface area contributed by atoms with Crippen LogP contribution < -0.4 is 25.7 Å². The molecule has 1 heterocycles. The number of aromatic nitrogens is 2. The van der Waals surface area contributed by atoms with E-state index in [2.05, 4.69) is 15.7 Å². The molecule has 3 aromatic rings. The molecule has 0 saturated heterocycles. The first-order valence-corrected chi connectivity index (χ1v) is 9.69. The lowest BCUT2D eigenvalue weighted by molar-refractivity contribution is -0.137. The number of alkyl halides is 3. The van der Waals surface area contributed by atoms with Crippen LogP contribution in [0.5, 0.6) is 11.5 Å². The third-order valence-corrected chi connectivity index (χ3v) is 4.54. The van der Waals surface area contributed by atoms with E-state index < -0.39 is 35.7 Å². The van der Waals surface area contributed by atoms with Gasteiger partial charge >= 0.3 is 6.18 Å². The molecule has 34 heavy (non-hydrogen) atoms. The molecule has 0 saturated carbocycles. The highest BCUT2D eigenvalue weighted by atomic mass is 19.4. The number of ether oxygens (including phenoxy) is 2. The summed E-state index contributed by atoms with van der Waals surface area (Å²) in [6, 6.07) is 11.3.